The van der Waals surface area contributed by atoms with Gasteiger partial charge < -0.3 is 14.2 Å². The number of para-hydroxylation sites is 1. The van der Waals surface area contributed by atoms with E-state index in [1.54, 1.807) is 0 Å². The van der Waals surface area contributed by atoms with E-state index in [4.69, 9.17) is 14.2 Å². The lowest BCUT2D eigenvalue weighted by Gasteiger charge is -2.18. The van der Waals surface area contributed by atoms with Gasteiger partial charge in [-0.05, 0) is 49.4 Å². The Morgan fingerprint density at radius 1 is 1.09 bits per heavy atom. The standard InChI is InChI=1S/C18H21NO3/c1-14-10-17-18(22-13-21-17)11-15(14)12-19(2)8-9-20-16-6-4-3-5-7-16/h3-7,10-11H,8-9,12-13H2,1-2H3. The van der Waals surface area contributed by atoms with Gasteiger partial charge in [-0.1, -0.05) is 18.2 Å². The summed E-state index contributed by atoms with van der Waals surface area (Å²) in [5.74, 6) is 2.60. The van der Waals surface area contributed by atoms with Crippen molar-refractivity contribution >= 4 is 0 Å². The minimum atomic E-state index is 0.318. The number of nitrogens with zero attached hydrogens (tertiary/aromatic N) is 1. The Labute approximate surface area is 131 Å². The second kappa shape index (κ2) is 6.71. The van der Waals surface area contributed by atoms with Gasteiger partial charge in [-0.15, -0.1) is 0 Å². The van der Waals surface area contributed by atoms with E-state index in [2.05, 4.69) is 24.9 Å². The number of hydrogen-bond donors (Lipinski definition) is 0. The maximum absolute atomic E-state index is 5.73. The summed E-state index contributed by atoms with van der Waals surface area (Å²) >= 11 is 0. The molecule has 116 valence electrons. The van der Waals surface area contributed by atoms with Crippen molar-refractivity contribution in [2.24, 2.45) is 0 Å². The summed E-state index contributed by atoms with van der Waals surface area (Å²) < 4.78 is 16.6. The number of fused-ring (bicyclic) bond motifs is 1. The van der Waals surface area contributed by atoms with Gasteiger partial charge in [0, 0.05) is 13.1 Å². The smallest absolute Gasteiger partial charge is 0.231 e. The maximum atomic E-state index is 5.73. The summed E-state index contributed by atoms with van der Waals surface area (Å²) in [6.45, 7) is 4.82. The Hall–Kier alpha value is -2.20. The summed E-state index contributed by atoms with van der Waals surface area (Å²) in [6, 6.07) is 14.0. The van der Waals surface area contributed by atoms with Crippen molar-refractivity contribution in [2.75, 3.05) is 27.0 Å². The molecule has 1 aliphatic heterocycles. The predicted octanol–water partition coefficient (Wildman–Crippen LogP) is 3.23. The van der Waals surface area contributed by atoms with Crippen LogP contribution in [0.2, 0.25) is 0 Å². The highest BCUT2D eigenvalue weighted by Crippen LogP contribution is 2.34. The summed E-state index contributed by atoms with van der Waals surface area (Å²) in [4.78, 5) is 2.24. The summed E-state index contributed by atoms with van der Waals surface area (Å²) in [6.07, 6.45) is 0. The molecule has 22 heavy (non-hydrogen) atoms. The maximum Gasteiger partial charge on any atom is 0.231 e. The van der Waals surface area contributed by atoms with E-state index in [0.717, 1.165) is 30.3 Å². The third-order valence-corrected chi connectivity index (χ3v) is 3.76. The largest absolute Gasteiger partial charge is 0.492 e. The zero-order valence-electron chi connectivity index (χ0n) is 13.0. The average molecular weight is 299 g/mol. The SMILES string of the molecule is Cc1cc2c(cc1CN(C)CCOc1ccccc1)OCO2. The summed E-state index contributed by atoms with van der Waals surface area (Å²) in [7, 11) is 2.10. The molecule has 0 amide bonds. The predicted molar refractivity (Wildman–Crippen MR) is 85.6 cm³/mol. The van der Waals surface area contributed by atoms with E-state index in [9.17, 15) is 0 Å². The fourth-order valence-electron chi connectivity index (χ4n) is 2.46. The summed E-state index contributed by atoms with van der Waals surface area (Å²) in [5.41, 5.74) is 2.48. The number of ether oxygens (including phenoxy) is 3. The van der Waals surface area contributed by atoms with Crippen LogP contribution in [0.3, 0.4) is 0 Å². The van der Waals surface area contributed by atoms with Gasteiger partial charge in [0.2, 0.25) is 6.79 Å². The molecule has 0 atom stereocenters. The molecule has 2 aromatic carbocycles. The highest BCUT2D eigenvalue weighted by Gasteiger charge is 2.16. The quantitative estimate of drug-likeness (QED) is 0.819. The molecule has 1 aliphatic rings. The van der Waals surface area contributed by atoms with Crippen LogP contribution in [0.4, 0.5) is 0 Å². The first-order chi connectivity index (χ1) is 10.7. The van der Waals surface area contributed by atoms with Gasteiger partial charge in [-0.2, -0.15) is 0 Å². The third kappa shape index (κ3) is 3.52. The Kier molecular flexibility index (Phi) is 4.49. The van der Waals surface area contributed by atoms with Gasteiger partial charge in [-0.25, -0.2) is 0 Å². The van der Waals surface area contributed by atoms with Gasteiger partial charge in [-0.3, -0.25) is 4.90 Å². The number of aryl methyl sites for hydroxylation is 1. The third-order valence-electron chi connectivity index (χ3n) is 3.76. The lowest BCUT2D eigenvalue weighted by atomic mass is 10.1. The number of benzene rings is 2. The molecule has 0 radical (unpaired) electrons. The van der Waals surface area contributed by atoms with Crippen molar-refractivity contribution in [3.63, 3.8) is 0 Å². The zero-order valence-corrected chi connectivity index (χ0v) is 13.0. The van der Waals surface area contributed by atoms with Crippen LogP contribution in [0.15, 0.2) is 42.5 Å². The molecule has 3 rings (SSSR count). The van der Waals surface area contributed by atoms with Crippen LogP contribution in [-0.2, 0) is 6.54 Å². The van der Waals surface area contributed by atoms with Gasteiger partial charge in [0.25, 0.3) is 0 Å². The fraction of sp³-hybridized carbons (Fsp3) is 0.333. The molecule has 0 saturated carbocycles. The second-order valence-electron chi connectivity index (χ2n) is 5.53. The second-order valence-corrected chi connectivity index (χ2v) is 5.53. The molecular formula is C18H21NO3. The fourth-order valence-corrected chi connectivity index (χ4v) is 2.46. The van der Waals surface area contributed by atoms with Crippen molar-refractivity contribution in [1.29, 1.82) is 0 Å². The Morgan fingerprint density at radius 3 is 2.59 bits per heavy atom. The van der Waals surface area contributed by atoms with E-state index >= 15 is 0 Å². The average Bonchev–Trinajstić information content (AvgIpc) is 2.96. The number of hydrogen-bond acceptors (Lipinski definition) is 4. The zero-order chi connectivity index (χ0) is 15.4. The van der Waals surface area contributed by atoms with Crippen molar-refractivity contribution in [3.8, 4) is 17.2 Å². The van der Waals surface area contributed by atoms with Gasteiger partial charge >= 0.3 is 0 Å². The van der Waals surface area contributed by atoms with Gasteiger partial charge in [0.1, 0.15) is 12.4 Å². The van der Waals surface area contributed by atoms with Crippen LogP contribution in [0, 0.1) is 6.92 Å². The van der Waals surface area contributed by atoms with E-state index < -0.39 is 0 Å². The first kappa shape index (κ1) is 14.7. The monoisotopic (exact) mass is 299 g/mol. The summed E-state index contributed by atoms with van der Waals surface area (Å²) in [5, 5.41) is 0. The molecule has 1 heterocycles. The number of likely N-dealkylation sites (N-methyl/N-ethyl adjacent to an activating group) is 1. The minimum Gasteiger partial charge on any atom is -0.492 e. The van der Waals surface area contributed by atoms with Crippen molar-refractivity contribution in [3.05, 3.63) is 53.6 Å². The minimum absolute atomic E-state index is 0.318. The molecule has 0 unspecified atom stereocenters. The van der Waals surface area contributed by atoms with Gasteiger partial charge in [0.15, 0.2) is 11.5 Å². The molecule has 4 nitrogen and oxygen atoms in total. The molecule has 0 saturated heterocycles. The van der Waals surface area contributed by atoms with Crippen LogP contribution in [0.1, 0.15) is 11.1 Å². The van der Waals surface area contributed by atoms with Gasteiger partial charge in [0.05, 0.1) is 0 Å². The molecule has 2 aromatic rings. The lowest BCUT2D eigenvalue weighted by molar-refractivity contribution is 0.174. The highest BCUT2D eigenvalue weighted by atomic mass is 16.7. The molecule has 0 N–H and O–H groups in total. The van der Waals surface area contributed by atoms with Crippen molar-refractivity contribution in [2.45, 2.75) is 13.5 Å². The molecule has 0 fully saturated rings. The van der Waals surface area contributed by atoms with Crippen LogP contribution in [0.25, 0.3) is 0 Å². The first-order valence-corrected chi connectivity index (χ1v) is 7.48. The van der Waals surface area contributed by atoms with Crippen LogP contribution < -0.4 is 14.2 Å². The Morgan fingerprint density at radius 2 is 1.82 bits per heavy atom. The van der Waals surface area contributed by atoms with Crippen molar-refractivity contribution in [1.82, 2.24) is 4.90 Å². The van der Waals surface area contributed by atoms with E-state index in [-0.39, 0.29) is 0 Å². The molecule has 0 aromatic heterocycles. The molecule has 0 bridgehead atoms. The topological polar surface area (TPSA) is 30.9 Å². The Balaban J connectivity index is 1.52. The molecular weight excluding hydrogens is 278 g/mol. The van der Waals surface area contributed by atoms with Crippen LogP contribution in [-0.4, -0.2) is 31.9 Å². The first-order valence-electron chi connectivity index (χ1n) is 7.48. The van der Waals surface area contributed by atoms with Crippen LogP contribution in [0.5, 0.6) is 17.2 Å². The normalized spacial score (nSPS) is 12.7. The highest BCUT2D eigenvalue weighted by molar-refractivity contribution is 5.48. The number of rotatable bonds is 6. The van der Waals surface area contributed by atoms with Crippen molar-refractivity contribution < 1.29 is 14.2 Å². The lowest BCUT2D eigenvalue weighted by Crippen LogP contribution is -2.24. The Bertz CT molecular complexity index is 628. The molecule has 0 spiro atoms. The molecule has 4 heteroatoms. The van der Waals surface area contributed by atoms with Crippen LogP contribution >= 0.6 is 0 Å². The van der Waals surface area contributed by atoms with E-state index in [0.29, 0.717) is 13.4 Å². The molecule has 0 aliphatic carbocycles. The van der Waals surface area contributed by atoms with E-state index in [1.807, 2.05) is 36.4 Å². The van der Waals surface area contributed by atoms with E-state index in [1.165, 1.54) is 11.1 Å².